The minimum Gasteiger partial charge on any atom is -0.497 e. The standard InChI is InChI=1S/C21H26N2O6/c1-11(2)7-15(20(25)23-19-12(3)28-10-16(19)24)22-21(26)18-9-13-8-14(27-4)5-6-17(13)29-18/h5-6,8-9,11-12,15,19H,7,10H2,1-4H3,(H,22,26)(H,23,25)/t12-,15+,19+/m1/s1. The molecule has 0 radical (unpaired) electrons. The minimum absolute atomic E-state index is 0.0181. The van der Waals surface area contributed by atoms with Crippen LogP contribution < -0.4 is 15.4 Å². The van der Waals surface area contributed by atoms with Crippen LogP contribution in [-0.2, 0) is 14.3 Å². The van der Waals surface area contributed by atoms with Crippen LogP contribution in [0.2, 0.25) is 0 Å². The summed E-state index contributed by atoms with van der Waals surface area (Å²) in [7, 11) is 1.56. The second-order valence-electron chi connectivity index (χ2n) is 7.64. The monoisotopic (exact) mass is 402 g/mol. The average Bonchev–Trinajstić information content (AvgIpc) is 3.24. The molecule has 0 saturated carbocycles. The maximum Gasteiger partial charge on any atom is 0.287 e. The van der Waals surface area contributed by atoms with Gasteiger partial charge in [0.2, 0.25) is 5.91 Å². The van der Waals surface area contributed by atoms with Crippen molar-refractivity contribution >= 4 is 28.6 Å². The first-order chi connectivity index (χ1) is 13.8. The SMILES string of the molecule is COc1ccc2oc(C(=O)N[C@@H](CC(C)C)C(=O)N[C@@H]3C(=O)CO[C@@H]3C)cc2c1. The second-order valence-corrected chi connectivity index (χ2v) is 7.64. The van der Waals surface area contributed by atoms with E-state index in [0.717, 1.165) is 5.39 Å². The highest BCUT2D eigenvalue weighted by molar-refractivity contribution is 5.99. The molecular formula is C21H26N2O6. The van der Waals surface area contributed by atoms with Gasteiger partial charge in [0.05, 0.1) is 13.2 Å². The van der Waals surface area contributed by atoms with E-state index in [4.69, 9.17) is 13.9 Å². The summed E-state index contributed by atoms with van der Waals surface area (Å²) in [6, 6.07) is 5.33. The van der Waals surface area contributed by atoms with Gasteiger partial charge in [-0.3, -0.25) is 14.4 Å². The second kappa shape index (κ2) is 8.65. The van der Waals surface area contributed by atoms with Crippen molar-refractivity contribution in [2.45, 2.75) is 45.4 Å². The van der Waals surface area contributed by atoms with E-state index >= 15 is 0 Å². The zero-order valence-corrected chi connectivity index (χ0v) is 17.0. The predicted molar refractivity (Wildman–Crippen MR) is 106 cm³/mol. The molecule has 1 aliphatic heterocycles. The van der Waals surface area contributed by atoms with E-state index in [9.17, 15) is 14.4 Å². The number of carbonyl (C=O) groups is 3. The van der Waals surface area contributed by atoms with Gasteiger partial charge in [0.25, 0.3) is 5.91 Å². The van der Waals surface area contributed by atoms with E-state index in [1.54, 1.807) is 38.3 Å². The van der Waals surface area contributed by atoms with Crippen LogP contribution in [-0.4, -0.2) is 49.5 Å². The number of benzene rings is 1. The van der Waals surface area contributed by atoms with Crippen molar-refractivity contribution in [1.29, 1.82) is 0 Å². The number of methoxy groups -OCH3 is 1. The molecule has 0 spiro atoms. The summed E-state index contributed by atoms with van der Waals surface area (Å²) in [6.45, 7) is 5.61. The topological polar surface area (TPSA) is 107 Å². The fourth-order valence-electron chi connectivity index (χ4n) is 3.31. The Labute approximate surface area is 168 Å². The summed E-state index contributed by atoms with van der Waals surface area (Å²) < 4.78 is 16.1. The van der Waals surface area contributed by atoms with Crippen molar-refractivity contribution in [3.05, 3.63) is 30.0 Å². The number of hydrogen-bond acceptors (Lipinski definition) is 6. The van der Waals surface area contributed by atoms with Crippen molar-refractivity contribution in [2.24, 2.45) is 5.92 Å². The molecule has 0 bridgehead atoms. The zero-order chi connectivity index (χ0) is 21.1. The molecule has 1 aromatic carbocycles. The van der Waals surface area contributed by atoms with Crippen molar-refractivity contribution < 1.29 is 28.3 Å². The molecule has 0 unspecified atom stereocenters. The molecule has 8 nitrogen and oxygen atoms in total. The van der Waals surface area contributed by atoms with Crippen LogP contribution in [0, 0.1) is 5.92 Å². The van der Waals surface area contributed by atoms with Crippen LogP contribution in [0.4, 0.5) is 0 Å². The van der Waals surface area contributed by atoms with Crippen LogP contribution in [0.3, 0.4) is 0 Å². The van der Waals surface area contributed by atoms with Crippen molar-refractivity contribution in [3.8, 4) is 5.75 Å². The molecule has 29 heavy (non-hydrogen) atoms. The quantitative estimate of drug-likeness (QED) is 0.734. The fraction of sp³-hybridized carbons (Fsp3) is 0.476. The Hall–Kier alpha value is -2.87. The molecule has 1 fully saturated rings. The van der Waals surface area contributed by atoms with Gasteiger partial charge in [0, 0.05) is 5.39 Å². The Bertz CT molecular complexity index is 919. The molecule has 0 aliphatic carbocycles. The third-order valence-corrected chi connectivity index (χ3v) is 4.88. The lowest BCUT2D eigenvalue weighted by Gasteiger charge is -2.22. The summed E-state index contributed by atoms with van der Waals surface area (Å²) in [6.07, 6.45) is 0.0223. The van der Waals surface area contributed by atoms with E-state index in [-0.39, 0.29) is 24.1 Å². The number of nitrogens with one attached hydrogen (secondary N) is 2. The van der Waals surface area contributed by atoms with Crippen molar-refractivity contribution in [3.63, 3.8) is 0 Å². The lowest BCUT2D eigenvalue weighted by Crippen LogP contribution is -2.53. The molecule has 3 rings (SSSR count). The Morgan fingerprint density at radius 2 is 2.03 bits per heavy atom. The van der Waals surface area contributed by atoms with Crippen LogP contribution in [0.25, 0.3) is 11.0 Å². The van der Waals surface area contributed by atoms with Crippen LogP contribution in [0.5, 0.6) is 5.75 Å². The highest BCUT2D eigenvalue weighted by atomic mass is 16.5. The summed E-state index contributed by atoms with van der Waals surface area (Å²) in [5.74, 6) is -0.183. The smallest absolute Gasteiger partial charge is 0.287 e. The van der Waals surface area contributed by atoms with E-state index in [2.05, 4.69) is 10.6 Å². The van der Waals surface area contributed by atoms with Crippen LogP contribution >= 0.6 is 0 Å². The maximum absolute atomic E-state index is 12.8. The Kier molecular flexibility index (Phi) is 6.22. The molecule has 2 aromatic rings. The molecule has 2 heterocycles. The van der Waals surface area contributed by atoms with Crippen LogP contribution in [0.15, 0.2) is 28.7 Å². The maximum atomic E-state index is 12.8. The van der Waals surface area contributed by atoms with Gasteiger partial charge in [-0.1, -0.05) is 13.8 Å². The number of carbonyl (C=O) groups excluding carboxylic acids is 3. The van der Waals surface area contributed by atoms with Gasteiger partial charge in [-0.15, -0.1) is 0 Å². The highest BCUT2D eigenvalue weighted by Crippen LogP contribution is 2.24. The number of rotatable bonds is 7. The first-order valence-electron chi connectivity index (χ1n) is 9.61. The lowest BCUT2D eigenvalue weighted by atomic mass is 10.0. The molecule has 1 saturated heterocycles. The largest absolute Gasteiger partial charge is 0.497 e. The first kappa shape index (κ1) is 20.9. The number of ether oxygens (including phenoxy) is 2. The first-order valence-corrected chi connectivity index (χ1v) is 9.61. The molecule has 2 N–H and O–H groups in total. The number of furan rings is 1. The molecular weight excluding hydrogens is 376 g/mol. The molecule has 2 amide bonds. The molecule has 3 atom stereocenters. The fourth-order valence-corrected chi connectivity index (χ4v) is 3.31. The number of hydrogen-bond donors (Lipinski definition) is 2. The summed E-state index contributed by atoms with van der Waals surface area (Å²) >= 11 is 0. The minimum atomic E-state index is -0.800. The van der Waals surface area contributed by atoms with Gasteiger partial charge in [-0.2, -0.15) is 0 Å². The van der Waals surface area contributed by atoms with Crippen molar-refractivity contribution in [1.82, 2.24) is 10.6 Å². The number of Topliss-reactive ketones (excluding diaryl/α,β-unsaturated/α-hetero) is 1. The highest BCUT2D eigenvalue weighted by Gasteiger charge is 2.36. The average molecular weight is 402 g/mol. The molecule has 1 aromatic heterocycles. The Morgan fingerprint density at radius 1 is 1.28 bits per heavy atom. The van der Waals surface area contributed by atoms with Gasteiger partial charge in [0.15, 0.2) is 11.5 Å². The third kappa shape index (κ3) is 4.76. The molecule has 1 aliphatic rings. The summed E-state index contributed by atoms with van der Waals surface area (Å²) in [5.41, 5.74) is 0.545. The van der Waals surface area contributed by atoms with E-state index < -0.39 is 30.0 Å². The van der Waals surface area contributed by atoms with E-state index in [0.29, 0.717) is 17.8 Å². The Balaban J connectivity index is 1.74. The molecule has 8 heteroatoms. The number of amides is 2. The number of fused-ring (bicyclic) bond motifs is 1. The van der Waals surface area contributed by atoms with Gasteiger partial charge < -0.3 is 24.5 Å². The normalized spacial score (nSPS) is 20.1. The summed E-state index contributed by atoms with van der Waals surface area (Å²) in [4.78, 5) is 37.4. The zero-order valence-electron chi connectivity index (χ0n) is 17.0. The van der Waals surface area contributed by atoms with E-state index in [1.165, 1.54) is 0 Å². The van der Waals surface area contributed by atoms with Crippen molar-refractivity contribution in [2.75, 3.05) is 13.7 Å². The third-order valence-electron chi connectivity index (χ3n) is 4.88. The van der Waals surface area contributed by atoms with Gasteiger partial charge >= 0.3 is 0 Å². The lowest BCUT2D eigenvalue weighted by molar-refractivity contribution is -0.127. The predicted octanol–water partition coefficient (Wildman–Crippen LogP) is 2.06. The number of ketones is 1. The van der Waals surface area contributed by atoms with Gasteiger partial charge in [0.1, 0.15) is 30.0 Å². The van der Waals surface area contributed by atoms with Crippen LogP contribution in [0.1, 0.15) is 37.7 Å². The van der Waals surface area contributed by atoms with Gasteiger partial charge in [-0.25, -0.2) is 0 Å². The summed E-state index contributed by atoms with van der Waals surface area (Å²) in [5, 5.41) is 6.16. The van der Waals surface area contributed by atoms with Gasteiger partial charge in [-0.05, 0) is 43.5 Å². The molecule has 156 valence electrons. The Morgan fingerprint density at radius 3 is 2.66 bits per heavy atom. The van der Waals surface area contributed by atoms with E-state index in [1.807, 2.05) is 13.8 Å².